The van der Waals surface area contributed by atoms with Crippen LogP contribution in [0.1, 0.15) is 12.5 Å². The molecule has 1 unspecified atom stereocenters. The molecule has 1 fully saturated rings. The third kappa shape index (κ3) is 4.18. The lowest BCUT2D eigenvalue weighted by atomic mass is 10.1. The molecule has 1 heterocycles. The average Bonchev–Trinajstić information content (AvgIpc) is 2.61. The smallest absolute Gasteiger partial charge is 0.317 e. The normalized spacial score (nSPS) is 32.3. The van der Waals surface area contributed by atoms with Crippen molar-refractivity contribution < 1.29 is 28.9 Å². The summed E-state index contributed by atoms with van der Waals surface area (Å²) in [4.78, 5) is 12.9. The number of rotatable bonds is 5. The average molecular weight is 364 g/mol. The molecule has 3 rings (SSSR count). The van der Waals surface area contributed by atoms with Crippen LogP contribution in [-0.2, 0) is 15.9 Å². The monoisotopic (exact) mass is 364 g/mol. The summed E-state index contributed by atoms with van der Waals surface area (Å²) in [7, 11) is -3.95. The van der Waals surface area contributed by atoms with Crippen LogP contribution in [0.3, 0.4) is 0 Å². The van der Waals surface area contributed by atoms with Gasteiger partial charge in [0, 0.05) is 0 Å². The Kier molecular flexibility index (Phi) is 5.69. The van der Waals surface area contributed by atoms with Crippen molar-refractivity contribution in [3.63, 3.8) is 0 Å². The summed E-state index contributed by atoms with van der Waals surface area (Å²) in [5.74, 6) is -1.39. The maximum atomic E-state index is 12.9. The molecule has 0 amide bonds. The summed E-state index contributed by atoms with van der Waals surface area (Å²) < 4.78 is 16.5. The van der Waals surface area contributed by atoms with Crippen LogP contribution in [0.5, 0.6) is 5.75 Å². The molecule has 0 radical (unpaired) electrons. The van der Waals surface area contributed by atoms with Gasteiger partial charge in [-0.3, -0.25) is 0 Å². The van der Waals surface area contributed by atoms with Crippen LogP contribution in [0.25, 0.3) is 0 Å². The molecular formula is C18H21O6P. The SMILES string of the molecule is C[C@H]1O[P+]([O-])(Oc2ccccc2)[C@@H](O)[C@@H](O)[C@@H]1OCc1ccccc1. The molecule has 1 aliphatic heterocycles. The fourth-order valence-corrected chi connectivity index (χ4v) is 4.51. The quantitative estimate of drug-likeness (QED) is 0.787. The fraction of sp³-hybridized carbons (Fsp3) is 0.333. The summed E-state index contributed by atoms with van der Waals surface area (Å²) in [6, 6.07) is 17.8. The second kappa shape index (κ2) is 7.79. The van der Waals surface area contributed by atoms with Crippen molar-refractivity contribution in [3.05, 3.63) is 66.2 Å². The third-order valence-electron chi connectivity index (χ3n) is 4.00. The molecule has 0 spiro atoms. The highest BCUT2D eigenvalue weighted by atomic mass is 31.2. The van der Waals surface area contributed by atoms with Gasteiger partial charge in [-0.25, -0.2) is 0 Å². The summed E-state index contributed by atoms with van der Waals surface area (Å²) in [5.41, 5.74) is 0.922. The molecule has 0 aliphatic carbocycles. The molecule has 134 valence electrons. The second-order valence-electron chi connectivity index (χ2n) is 5.92. The van der Waals surface area contributed by atoms with Crippen LogP contribution < -0.4 is 9.42 Å². The molecule has 2 N–H and O–H groups in total. The number of hydrogen-bond acceptors (Lipinski definition) is 6. The number of benzene rings is 2. The number of aliphatic hydroxyl groups excluding tert-OH is 2. The lowest BCUT2D eigenvalue weighted by Gasteiger charge is -2.43. The minimum Gasteiger partial charge on any atom is -0.622 e. The van der Waals surface area contributed by atoms with Gasteiger partial charge in [0.05, 0.1) is 6.61 Å². The van der Waals surface area contributed by atoms with E-state index in [1.165, 1.54) is 0 Å². The van der Waals surface area contributed by atoms with Gasteiger partial charge in [-0.05, 0) is 24.6 Å². The van der Waals surface area contributed by atoms with Gasteiger partial charge < -0.3 is 24.4 Å². The highest BCUT2D eigenvalue weighted by Crippen LogP contribution is 2.61. The number of para-hydroxylation sites is 1. The van der Waals surface area contributed by atoms with Crippen LogP contribution in [0.2, 0.25) is 0 Å². The van der Waals surface area contributed by atoms with E-state index in [1.54, 1.807) is 37.3 Å². The molecule has 0 bridgehead atoms. The molecule has 7 heteroatoms. The predicted octanol–water partition coefficient (Wildman–Crippen LogP) is 1.87. The van der Waals surface area contributed by atoms with Gasteiger partial charge in [0.1, 0.15) is 18.3 Å². The first-order valence-electron chi connectivity index (χ1n) is 8.04. The van der Waals surface area contributed by atoms with E-state index in [0.717, 1.165) is 5.56 Å². The Labute approximate surface area is 147 Å². The zero-order chi connectivity index (χ0) is 17.9. The molecule has 25 heavy (non-hydrogen) atoms. The van der Waals surface area contributed by atoms with E-state index in [-0.39, 0.29) is 6.61 Å². The Morgan fingerprint density at radius 1 is 1.04 bits per heavy atom. The zero-order valence-electron chi connectivity index (χ0n) is 13.8. The first kappa shape index (κ1) is 18.3. The number of hydrogen-bond donors (Lipinski definition) is 2. The van der Waals surface area contributed by atoms with E-state index < -0.39 is 32.1 Å². The molecule has 1 aliphatic rings. The highest BCUT2D eigenvalue weighted by molar-refractivity contribution is 7.60. The lowest BCUT2D eigenvalue weighted by Crippen LogP contribution is -2.55. The van der Waals surface area contributed by atoms with Crippen molar-refractivity contribution in [1.29, 1.82) is 0 Å². The summed E-state index contributed by atoms with van der Waals surface area (Å²) >= 11 is 0. The van der Waals surface area contributed by atoms with Crippen molar-refractivity contribution in [2.24, 2.45) is 0 Å². The molecule has 0 saturated carbocycles. The van der Waals surface area contributed by atoms with Gasteiger partial charge >= 0.3 is 7.94 Å². The Balaban J connectivity index is 1.68. The van der Waals surface area contributed by atoms with Crippen molar-refractivity contribution in [1.82, 2.24) is 0 Å². The van der Waals surface area contributed by atoms with Gasteiger partial charge in [-0.15, -0.1) is 0 Å². The van der Waals surface area contributed by atoms with E-state index >= 15 is 0 Å². The van der Waals surface area contributed by atoms with Crippen molar-refractivity contribution in [3.8, 4) is 5.75 Å². The predicted molar refractivity (Wildman–Crippen MR) is 91.6 cm³/mol. The molecule has 5 atom stereocenters. The highest BCUT2D eigenvalue weighted by Gasteiger charge is 2.57. The Bertz CT molecular complexity index is 668. The van der Waals surface area contributed by atoms with E-state index in [1.807, 2.05) is 30.3 Å². The third-order valence-corrected chi connectivity index (χ3v) is 6.05. The molecule has 1 saturated heterocycles. The second-order valence-corrected chi connectivity index (χ2v) is 7.92. The summed E-state index contributed by atoms with van der Waals surface area (Å²) in [5, 5.41) is 20.7. The van der Waals surface area contributed by atoms with Crippen LogP contribution in [0.15, 0.2) is 60.7 Å². The summed E-state index contributed by atoms with van der Waals surface area (Å²) in [6.07, 6.45) is -2.92. The van der Waals surface area contributed by atoms with E-state index in [4.69, 9.17) is 13.8 Å². The zero-order valence-corrected chi connectivity index (χ0v) is 14.7. The molecule has 2 aromatic rings. The van der Waals surface area contributed by atoms with Gasteiger partial charge in [0.25, 0.3) is 5.85 Å². The first-order valence-corrected chi connectivity index (χ1v) is 9.65. The van der Waals surface area contributed by atoms with E-state index in [0.29, 0.717) is 5.75 Å². The minimum absolute atomic E-state index is 0.243. The molecule has 0 aromatic heterocycles. The maximum Gasteiger partial charge on any atom is 0.317 e. The minimum atomic E-state index is -3.95. The first-order chi connectivity index (χ1) is 12.0. The largest absolute Gasteiger partial charge is 0.622 e. The molecule has 6 nitrogen and oxygen atoms in total. The number of ether oxygens (including phenoxy) is 1. The van der Waals surface area contributed by atoms with E-state index in [9.17, 15) is 15.1 Å². The van der Waals surface area contributed by atoms with Crippen molar-refractivity contribution >= 4 is 7.94 Å². The Morgan fingerprint density at radius 2 is 1.64 bits per heavy atom. The van der Waals surface area contributed by atoms with Crippen molar-refractivity contribution in [2.75, 3.05) is 0 Å². The van der Waals surface area contributed by atoms with Gasteiger partial charge in [0.2, 0.25) is 0 Å². The van der Waals surface area contributed by atoms with Crippen molar-refractivity contribution in [2.45, 2.75) is 37.7 Å². The van der Waals surface area contributed by atoms with Gasteiger partial charge in [-0.2, -0.15) is 4.52 Å². The summed E-state index contributed by atoms with van der Waals surface area (Å²) in [6.45, 7) is 1.87. The van der Waals surface area contributed by atoms with Crippen LogP contribution >= 0.6 is 7.94 Å². The standard InChI is InChI=1S/C18H21O6P/c1-13-17(22-12-14-8-4-2-5-9-14)16(19)18(20)25(21,23-13)24-15-10-6-3-7-11-15/h2-11,13,16-20H,12H2,1H3/t13-,16+,17-,18-,25?/m1/s1. The molecule has 2 aromatic carbocycles. The van der Waals surface area contributed by atoms with Crippen LogP contribution in [0.4, 0.5) is 0 Å². The Hall–Kier alpha value is -1.53. The van der Waals surface area contributed by atoms with E-state index in [2.05, 4.69) is 0 Å². The molecular weight excluding hydrogens is 343 g/mol. The van der Waals surface area contributed by atoms with Gasteiger partial charge in [-0.1, -0.05) is 48.5 Å². The Morgan fingerprint density at radius 3 is 2.28 bits per heavy atom. The van der Waals surface area contributed by atoms with Crippen LogP contribution in [-0.4, -0.2) is 34.4 Å². The lowest BCUT2D eigenvalue weighted by molar-refractivity contribution is -0.252. The van der Waals surface area contributed by atoms with Gasteiger partial charge in [0.15, 0.2) is 5.75 Å². The number of aliphatic hydroxyl groups is 2. The fourth-order valence-electron chi connectivity index (χ4n) is 2.69. The topological polar surface area (TPSA) is 91.2 Å². The van der Waals surface area contributed by atoms with Crippen LogP contribution in [0, 0.1) is 0 Å². The maximum absolute atomic E-state index is 12.9.